The average Bonchev–Trinajstić information content (AvgIpc) is 2.86. The minimum atomic E-state index is -8.90. The monoisotopic (exact) mass is 780 g/mol. The molecule has 0 atom stereocenters. The van der Waals surface area contributed by atoms with Gasteiger partial charge in [-0.05, 0) is 0 Å². The molecule has 0 unspecified atom stereocenters. The average molecular weight is 780 g/mol. The molecule has 2 aromatic carbocycles. The second-order valence-corrected chi connectivity index (χ2v) is 14.4. The number of hydrogen-bond donors (Lipinski definition) is 0. The molecule has 0 saturated heterocycles. The first kappa shape index (κ1) is 36.1. The van der Waals surface area contributed by atoms with E-state index in [2.05, 4.69) is 2.51 Å². The molecule has 0 heterocycles. The Hall–Kier alpha value is -2.11. The summed E-state index contributed by atoms with van der Waals surface area (Å²) in [6.45, 7) is 0. The summed E-state index contributed by atoms with van der Waals surface area (Å²) < 4.78 is 258. The molecule has 0 spiro atoms. The maximum absolute atomic E-state index is 14.5. The zero-order valence-corrected chi connectivity index (χ0v) is 22.2. The van der Waals surface area contributed by atoms with Crippen molar-refractivity contribution in [2.45, 2.75) is 47.0 Å². The SMILES string of the molecule is O=S(=O)(OI(c1ccccc1)c1ccccc1)C(F)(F)C(F)(F)C(F)(F)C(F)(F)C(F)(F)C(F)(F)C(F)(F)C(F)(F)F. The molecule has 0 saturated carbocycles. The van der Waals surface area contributed by atoms with E-state index in [0.717, 1.165) is 48.5 Å². The first-order valence-corrected chi connectivity index (χ1v) is 14.5. The molecule has 2 aromatic rings. The van der Waals surface area contributed by atoms with Crippen LogP contribution < -0.4 is 0 Å². The molecule has 42 heavy (non-hydrogen) atoms. The van der Waals surface area contributed by atoms with E-state index in [1.807, 2.05) is 0 Å². The van der Waals surface area contributed by atoms with Crippen LogP contribution in [0.2, 0.25) is 0 Å². The standard InChI is InChI=1S/C20H10F17IO3S/c21-13(22,15(25,26)17(29,30)19(33,34)35)14(23,24)16(27,28)18(31,32)20(36,37)42(39,40)41-38(11-7-3-1-4-8-11)12-9-5-2-6-10-12/h1-10H. The van der Waals surface area contributed by atoms with Gasteiger partial charge in [0.1, 0.15) is 0 Å². The van der Waals surface area contributed by atoms with Crippen molar-refractivity contribution >= 4 is 30.4 Å². The third-order valence-corrected chi connectivity index (χ3v) is 12.4. The topological polar surface area (TPSA) is 43.4 Å². The molecular weight excluding hydrogens is 770 g/mol. The molecule has 0 fully saturated rings. The van der Waals surface area contributed by atoms with Gasteiger partial charge in [-0.1, -0.05) is 0 Å². The van der Waals surface area contributed by atoms with Gasteiger partial charge in [-0.3, -0.25) is 0 Å². The van der Waals surface area contributed by atoms with E-state index in [4.69, 9.17) is 0 Å². The van der Waals surface area contributed by atoms with Gasteiger partial charge >= 0.3 is 231 Å². The Morgan fingerprint density at radius 1 is 0.452 bits per heavy atom. The minimum absolute atomic E-state index is 0.353. The van der Waals surface area contributed by atoms with Crippen LogP contribution in [0.25, 0.3) is 0 Å². The zero-order valence-electron chi connectivity index (χ0n) is 19.2. The second-order valence-electron chi connectivity index (χ2n) is 7.82. The molecule has 0 aliphatic heterocycles. The summed E-state index contributed by atoms with van der Waals surface area (Å²) in [5.41, 5.74) is 0. The first-order valence-electron chi connectivity index (χ1n) is 10.0. The molecule has 3 nitrogen and oxygen atoms in total. The van der Waals surface area contributed by atoms with Crippen LogP contribution in [-0.2, 0) is 12.6 Å². The van der Waals surface area contributed by atoms with E-state index in [0.29, 0.717) is 0 Å². The van der Waals surface area contributed by atoms with Crippen LogP contribution in [0.15, 0.2) is 60.7 Å². The predicted octanol–water partition coefficient (Wildman–Crippen LogP) is 8.46. The summed E-state index contributed by atoms with van der Waals surface area (Å²) in [6.07, 6.45) is -7.90. The van der Waals surface area contributed by atoms with Crippen LogP contribution in [0.3, 0.4) is 0 Å². The molecule has 0 aliphatic rings. The molecular formula is C20H10F17IO3S. The van der Waals surface area contributed by atoms with Gasteiger partial charge in [0.25, 0.3) is 0 Å². The van der Waals surface area contributed by atoms with Crippen molar-refractivity contribution in [3.05, 3.63) is 67.8 Å². The number of benzene rings is 2. The van der Waals surface area contributed by atoms with E-state index < -0.39 is 77.3 Å². The zero-order chi connectivity index (χ0) is 33.0. The number of rotatable bonds is 11. The van der Waals surface area contributed by atoms with Crippen molar-refractivity contribution in [1.29, 1.82) is 0 Å². The van der Waals surface area contributed by atoms with Crippen LogP contribution in [0, 0.1) is 7.14 Å². The summed E-state index contributed by atoms with van der Waals surface area (Å²) in [4.78, 5) is 0. The van der Waals surface area contributed by atoms with Crippen LogP contribution in [0.5, 0.6) is 0 Å². The Balaban J connectivity index is 2.67. The van der Waals surface area contributed by atoms with Crippen LogP contribution in [0.1, 0.15) is 0 Å². The predicted molar refractivity (Wildman–Crippen MR) is 115 cm³/mol. The summed E-state index contributed by atoms with van der Waals surface area (Å²) >= 11 is -4.50. The normalized spacial score (nSPS) is 15.5. The van der Waals surface area contributed by atoms with Gasteiger partial charge in [-0.25, -0.2) is 0 Å². The Morgan fingerprint density at radius 2 is 0.738 bits per heavy atom. The molecule has 0 aromatic heterocycles. The van der Waals surface area contributed by atoms with Crippen molar-refractivity contribution in [1.82, 2.24) is 0 Å². The second kappa shape index (κ2) is 10.8. The van der Waals surface area contributed by atoms with Gasteiger partial charge in [0, 0.05) is 0 Å². The Bertz CT molecular complexity index is 1310. The third-order valence-electron chi connectivity index (χ3n) is 5.02. The maximum atomic E-state index is 14.5. The van der Waals surface area contributed by atoms with E-state index in [1.165, 1.54) is 12.1 Å². The van der Waals surface area contributed by atoms with Crippen molar-refractivity contribution in [2.75, 3.05) is 0 Å². The molecule has 22 heteroatoms. The van der Waals surface area contributed by atoms with Gasteiger partial charge in [0.15, 0.2) is 0 Å². The Morgan fingerprint density at radius 3 is 1.05 bits per heavy atom. The van der Waals surface area contributed by atoms with Crippen molar-refractivity contribution in [2.24, 2.45) is 0 Å². The fraction of sp³-hybridized carbons (Fsp3) is 0.400. The molecule has 0 radical (unpaired) electrons. The molecule has 240 valence electrons. The molecule has 0 bridgehead atoms. The summed E-state index contributed by atoms with van der Waals surface area (Å²) in [5, 5.41) is -7.73. The van der Waals surface area contributed by atoms with Gasteiger partial charge in [-0.15, -0.1) is 0 Å². The van der Waals surface area contributed by atoms with Gasteiger partial charge < -0.3 is 0 Å². The molecule has 0 N–H and O–H groups in total. The van der Waals surface area contributed by atoms with Crippen LogP contribution in [0.4, 0.5) is 74.6 Å². The van der Waals surface area contributed by atoms with Crippen molar-refractivity contribution in [3.8, 4) is 0 Å². The molecule has 2 rings (SSSR count). The number of halogens is 18. The van der Waals surface area contributed by atoms with Crippen LogP contribution in [-0.4, -0.2) is 55.4 Å². The fourth-order valence-corrected chi connectivity index (χ4v) is 9.72. The number of alkyl halides is 17. The van der Waals surface area contributed by atoms with E-state index in [9.17, 15) is 83.1 Å². The summed E-state index contributed by atoms with van der Waals surface area (Å²) in [5.74, 6) is -52.0. The van der Waals surface area contributed by atoms with Gasteiger partial charge in [0.2, 0.25) is 0 Å². The third kappa shape index (κ3) is 5.27. The number of hydrogen-bond acceptors (Lipinski definition) is 3. The fourth-order valence-electron chi connectivity index (χ4n) is 2.69. The summed E-state index contributed by atoms with van der Waals surface area (Å²) in [6, 6.07) is 10.8. The first-order chi connectivity index (χ1) is 18.6. The summed E-state index contributed by atoms with van der Waals surface area (Å²) in [7, 11) is -7.68. The van der Waals surface area contributed by atoms with Crippen molar-refractivity contribution < 1.29 is 85.6 Å². The molecule has 0 aliphatic carbocycles. The van der Waals surface area contributed by atoms with Gasteiger partial charge in [0.05, 0.1) is 0 Å². The van der Waals surface area contributed by atoms with Gasteiger partial charge in [-0.2, -0.15) is 0 Å². The molecule has 0 amide bonds. The van der Waals surface area contributed by atoms with Crippen LogP contribution >= 0.6 is 20.2 Å². The van der Waals surface area contributed by atoms with E-state index in [1.54, 1.807) is 0 Å². The van der Waals surface area contributed by atoms with E-state index >= 15 is 0 Å². The van der Waals surface area contributed by atoms with Crippen molar-refractivity contribution in [3.63, 3.8) is 0 Å². The quantitative estimate of drug-likeness (QED) is 0.170. The Kier molecular flexibility index (Phi) is 9.28. The van der Waals surface area contributed by atoms with E-state index in [-0.39, 0.29) is 7.14 Å². The Labute approximate surface area is 230 Å².